The number of hydrogen-bond acceptors (Lipinski definition) is 3. The molecule has 1 heterocycles. The van der Waals surface area contributed by atoms with E-state index in [1.807, 2.05) is 24.3 Å². The number of H-pyrrole nitrogens is 1. The highest BCUT2D eigenvalue weighted by atomic mass is 35.5. The van der Waals surface area contributed by atoms with E-state index in [2.05, 4.69) is 9.97 Å². The maximum Gasteiger partial charge on any atom is 0.131 e. The first kappa shape index (κ1) is 22.5. The van der Waals surface area contributed by atoms with Crippen LogP contribution in [0.3, 0.4) is 0 Å². The number of fused-ring (bicyclic) bond motifs is 1. The van der Waals surface area contributed by atoms with Gasteiger partial charge in [-0.3, -0.25) is 4.21 Å². The van der Waals surface area contributed by atoms with Crippen molar-refractivity contribution in [3.05, 3.63) is 81.8 Å². The molecule has 0 amide bonds. The van der Waals surface area contributed by atoms with Crippen LogP contribution >= 0.6 is 23.2 Å². The zero-order valence-corrected chi connectivity index (χ0v) is 19.9. The van der Waals surface area contributed by atoms with Gasteiger partial charge in [0.05, 0.1) is 38.9 Å². The molecule has 2 N–H and O–H groups in total. The Bertz CT molecular complexity index is 1350. The number of halogens is 3. The zero-order chi connectivity index (χ0) is 23.1. The summed E-state index contributed by atoms with van der Waals surface area (Å²) in [6.45, 7) is -0.185. The van der Waals surface area contributed by atoms with Crippen molar-refractivity contribution in [3.8, 4) is 11.1 Å². The smallest absolute Gasteiger partial charge is 0.131 e. The van der Waals surface area contributed by atoms with Gasteiger partial charge >= 0.3 is 0 Å². The molecule has 8 heteroatoms. The molecule has 2 atom stereocenters. The average molecular weight is 503 g/mol. The molecule has 3 aromatic carbocycles. The van der Waals surface area contributed by atoms with E-state index in [4.69, 9.17) is 23.2 Å². The molecule has 5 rings (SSSR count). The maximum atomic E-state index is 14.4. The second-order valence-corrected chi connectivity index (χ2v) is 10.6. The highest BCUT2D eigenvalue weighted by Crippen LogP contribution is 2.41. The molecular formula is C25H21Cl2FN2O2S. The van der Waals surface area contributed by atoms with Crippen LogP contribution in [0.5, 0.6) is 0 Å². The Labute approximate surface area is 203 Å². The minimum atomic E-state index is -1.01. The van der Waals surface area contributed by atoms with Gasteiger partial charge in [-0.15, -0.1) is 0 Å². The molecule has 1 fully saturated rings. The molecule has 1 saturated carbocycles. The molecule has 1 aliphatic carbocycles. The van der Waals surface area contributed by atoms with E-state index in [1.54, 1.807) is 24.3 Å². The van der Waals surface area contributed by atoms with Crippen LogP contribution in [-0.2, 0) is 10.8 Å². The highest BCUT2D eigenvalue weighted by molar-refractivity contribution is 7.85. The number of rotatable bonds is 7. The van der Waals surface area contributed by atoms with Crippen LogP contribution in [0.1, 0.15) is 30.1 Å². The van der Waals surface area contributed by atoms with Crippen molar-refractivity contribution in [1.82, 2.24) is 9.97 Å². The van der Waals surface area contributed by atoms with Crippen molar-refractivity contribution in [1.29, 1.82) is 0 Å². The lowest BCUT2D eigenvalue weighted by atomic mass is 9.99. The van der Waals surface area contributed by atoms with E-state index >= 15 is 0 Å². The normalized spacial score (nSPS) is 15.6. The summed E-state index contributed by atoms with van der Waals surface area (Å²) in [6, 6.07) is 15.4. The van der Waals surface area contributed by atoms with E-state index in [1.165, 1.54) is 6.07 Å². The molecule has 0 radical (unpaired) electrons. The number of nitrogens with zero attached hydrogens (tertiary/aromatic N) is 1. The lowest BCUT2D eigenvalue weighted by Crippen LogP contribution is -2.08. The summed E-state index contributed by atoms with van der Waals surface area (Å²) in [6.07, 6.45) is 2.32. The van der Waals surface area contributed by atoms with Gasteiger partial charge in [0.25, 0.3) is 0 Å². The standard InChI is InChI=1S/C25H21Cl2FN2O2S/c26-19-11-21-24(23(27)22(19)17-3-1-2-4-20(17)28)30-25(29-21)18(12-31)15-7-9-16(10-8-15)33(32)13-14-5-6-14/h1-4,7-11,14,18,31H,5-6,12-13H2,(H,29,30). The van der Waals surface area contributed by atoms with Crippen molar-refractivity contribution in [2.45, 2.75) is 23.7 Å². The van der Waals surface area contributed by atoms with Gasteiger partial charge in [0.15, 0.2) is 0 Å². The number of imidazole rings is 1. The second kappa shape index (κ2) is 9.18. The molecule has 2 unspecified atom stereocenters. The van der Waals surface area contributed by atoms with Crippen LogP contribution in [0.25, 0.3) is 22.2 Å². The largest absolute Gasteiger partial charge is 0.395 e. The number of aromatic nitrogens is 2. The zero-order valence-electron chi connectivity index (χ0n) is 17.5. The van der Waals surface area contributed by atoms with E-state index < -0.39 is 22.5 Å². The van der Waals surface area contributed by atoms with Crippen LogP contribution in [-0.4, -0.2) is 31.6 Å². The third kappa shape index (κ3) is 4.45. The Morgan fingerprint density at radius 2 is 1.88 bits per heavy atom. The van der Waals surface area contributed by atoms with Gasteiger partial charge in [-0.05, 0) is 48.6 Å². The Morgan fingerprint density at radius 3 is 2.55 bits per heavy atom. The first-order chi connectivity index (χ1) is 16.0. The first-order valence-corrected chi connectivity index (χ1v) is 12.8. The number of aliphatic hydroxyl groups is 1. The van der Waals surface area contributed by atoms with Crippen LogP contribution < -0.4 is 0 Å². The molecule has 0 bridgehead atoms. The predicted octanol–water partition coefficient (Wildman–Crippen LogP) is 6.32. The summed E-state index contributed by atoms with van der Waals surface area (Å²) >= 11 is 13.1. The number of nitrogens with one attached hydrogen (secondary N) is 1. The van der Waals surface area contributed by atoms with Crippen molar-refractivity contribution in [3.63, 3.8) is 0 Å². The Kier molecular flexibility index (Phi) is 6.27. The van der Waals surface area contributed by atoms with Crippen molar-refractivity contribution >= 4 is 45.0 Å². The average Bonchev–Trinajstić information content (AvgIpc) is 3.52. The van der Waals surface area contributed by atoms with Gasteiger partial charge in [-0.2, -0.15) is 0 Å². The summed E-state index contributed by atoms with van der Waals surface area (Å²) in [4.78, 5) is 8.62. The summed E-state index contributed by atoms with van der Waals surface area (Å²) in [7, 11) is -1.01. The lowest BCUT2D eigenvalue weighted by molar-refractivity contribution is 0.277. The van der Waals surface area contributed by atoms with Gasteiger partial charge in [-0.25, -0.2) is 9.37 Å². The highest BCUT2D eigenvalue weighted by Gasteiger charge is 2.25. The van der Waals surface area contributed by atoms with Gasteiger partial charge < -0.3 is 10.1 Å². The predicted molar refractivity (Wildman–Crippen MR) is 131 cm³/mol. The minimum Gasteiger partial charge on any atom is -0.395 e. The van der Waals surface area contributed by atoms with Gasteiger partial charge in [-0.1, -0.05) is 53.5 Å². The fourth-order valence-electron chi connectivity index (χ4n) is 3.97. The number of benzene rings is 3. The van der Waals surface area contributed by atoms with E-state index in [0.29, 0.717) is 44.7 Å². The topological polar surface area (TPSA) is 66.0 Å². The van der Waals surface area contributed by atoms with E-state index in [0.717, 1.165) is 23.3 Å². The molecule has 0 aliphatic heterocycles. The summed E-state index contributed by atoms with van der Waals surface area (Å²) in [5.74, 6) is 0.939. The van der Waals surface area contributed by atoms with E-state index in [9.17, 15) is 13.7 Å². The minimum absolute atomic E-state index is 0.185. The quantitative estimate of drug-likeness (QED) is 0.310. The molecule has 1 aliphatic rings. The molecular weight excluding hydrogens is 482 g/mol. The van der Waals surface area contributed by atoms with Crippen molar-refractivity contribution in [2.24, 2.45) is 5.92 Å². The third-order valence-electron chi connectivity index (χ3n) is 5.97. The van der Waals surface area contributed by atoms with Crippen LogP contribution in [0, 0.1) is 11.7 Å². The third-order valence-corrected chi connectivity index (χ3v) is 8.21. The number of hydrogen-bond donors (Lipinski definition) is 2. The van der Waals surface area contributed by atoms with Gasteiger partial charge in [0.1, 0.15) is 17.2 Å². The van der Waals surface area contributed by atoms with E-state index in [-0.39, 0.29) is 11.6 Å². The second-order valence-electron chi connectivity index (χ2n) is 8.31. The molecule has 0 spiro atoms. The first-order valence-electron chi connectivity index (χ1n) is 10.7. The van der Waals surface area contributed by atoms with Crippen LogP contribution in [0.15, 0.2) is 59.5 Å². The summed E-state index contributed by atoms with van der Waals surface area (Å²) in [5, 5.41) is 10.7. The maximum absolute atomic E-state index is 14.4. The Morgan fingerprint density at radius 1 is 1.15 bits per heavy atom. The summed E-state index contributed by atoms with van der Waals surface area (Å²) in [5.41, 5.74) is 2.56. The molecule has 4 aromatic rings. The lowest BCUT2D eigenvalue weighted by Gasteiger charge is -2.12. The molecule has 170 valence electrons. The van der Waals surface area contributed by atoms with Crippen LogP contribution in [0.4, 0.5) is 4.39 Å². The van der Waals surface area contributed by atoms with Crippen molar-refractivity contribution in [2.75, 3.05) is 12.4 Å². The summed E-state index contributed by atoms with van der Waals surface area (Å²) < 4.78 is 26.9. The van der Waals surface area contributed by atoms with Crippen molar-refractivity contribution < 1.29 is 13.7 Å². The van der Waals surface area contributed by atoms with Gasteiger partial charge in [0, 0.05) is 21.8 Å². The molecule has 4 nitrogen and oxygen atoms in total. The molecule has 0 saturated heterocycles. The number of aliphatic hydroxyl groups excluding tert-OH is 1. The monoisotopic (exact) mass is 502 g/mol. The fraction of sp³-hybridized carbons (Fsp3) is 0.240. The van der Waals surface area contributed by atoms with Gasteiger partial charge in [0.2, 0.25) is 0 Å². The Hall–Kier alpha value is -2.25. The number of aromatic amines is 1. The van der Waals surface area contributed by atoms with Crippen LogP contribution in [0.2, 0.25) is 10.0 Å². The Balaban J connectivity index is 1.50. The SMILES string of the molecule is O=S(CC1CC1)c1ccc(C(CO)c2nc3c(Cl)c(-c4ccccc4F)c(Cl)cc3[nH]2)cc1. The molecule has 1 aromatic heterocycles. The molecule has 33 heavy (non-hydrogen) atoms. The fourth-order valence-corrected chi connectivity index (χ4v) is 6.07.